The number of carbonyl (C=O) groups excluding carboxylic acids is 1. The molecule has 6 nitrogen and oxygen atoms in total. The summed E-state index contributed by atoms with van der Waals surface area (Å²) in [5.41, 5.74) is 0.822. The Morgan fingerprint density at radius 3 is 2.29 bits per heavy atom. The summed E-state index contributed by atoms with van der Waals surface area (Å²) in [6.07, 6.45) is 1.73. The Labute approximate surface area is 168 Å². The third-order valence-electron chi connectivity index (χ3n) is 3.94. The van der Waals surface area contributed by atoms with Crippen LogP contribution >= 0.6 is 11.6 Å². The van der Waals surface area contributed by atoms with Crippen molar-refractivity contribution in [1.29, 1.82) is 0 Å². The van der Waals surface area contributed by atoms with Crippen molar-refractivity contribution < 1.29 is 13.2 Å². The molecule has 0 saturated heterocycles. The van der Waals surface area contributed by atoms with Crippen molar-refractivity contribution >= 4 is 33.3 Å². The maximum Gasteiger partial charge on any atom is 0.244 e. The number of benzene rings is 2. The van der Waals surface area contributed by atoms with Gasteiger partial charge in [-0.3, -0.25) is 4.79 Å². The van der Waals surface area contributed by atoms with E-state index in [0.717, 1.165) is 5.56 Å². The number of nitrogens with zero attached hydrogens (tertiary/aromatic N) is 1. The number of carbonyl (C=O) groups is 1. The number of anilines is 1. The first-order chi connectivity index (χ1) is 13.4. The summed E-state index contributed by atoms with van der Waals surface area (Å²) in [5.74, 6) is -0.156. The number of rotatable bonds is 7. The molecule has 28 heavy (non-hydrogen) atoms. The third kappa shape index (κ3) is 5.39. The smallest absolute Gasteiger partial charge is 0.244 e. The second kappa shape index (κ2) is 8.97. The van der Waals surface area contributed by atoms with Crippen LogP contribution in [0, 0.1) is 0 Å². The molecule has 3 rings (SSSR count). The first-order valence-corrected chi connectivity index (χ1v) is 10.3. The van der Waals surface area contributed by atoms with Crippen LogP contribution in [-0.2, 0) is 21.2 Å². The fourth-order valence-corrected chi connectivity index (χ4v) is 3.88. The lowest BCUT2D eigenvalue weighted by atomic mass is 10.1. The fraction of sp³-hybridized carbons (Fsp3) is 0.100. The summed E-state index contributed by atoms with van der Waals surface area (Å²) in [4.78, 5) is 16.9. The van der Waals surface area contributed by atoms with Gasteiger partial charge in [0.15, 0.2) is 0 Å². The minimum atomic E-state index is -3.92. The number of amides is 1. The predicted octanol–water partition coefficient (Wildman–Crippen LogP) is 3.26. The van der Waals surface area contributed by atoms with E-state index < -0.39 is 22.0 Å². The number of pyridine rings is 1. The fourth-order valence-electron chi connectivity index (χ4n) is 2.56. The molecule has 1 atom stereocenters. The summed E-state index contributed by atoms with van der Waals surface area (Å²) >= 11 is 5.83. The normalized spacial score (nSPS) is 12.3. The molecule has 0 bridgehead atoms. The lowest BCUT2D eigenvalue weighted by molar-refractivity contribution is -0.117. The maximum absolute atomic E-state index is 12.8. The zero-order valence-electron chi connectivity index (χ0n) is 14.7. The van der Waals surface area contributed by atoms with E-state index in [2.05, 4.69) is 15.0 Å². The number of hydrogen-bond acceptors (Lipinski definition) is 4. The third-order valence-corrected chi connectivity index (χ3v) is 5.68. The largest absolute Gasteiger partial charge is 0.309 e. The molecule has 2 N–H and O–H groups in total. The van der Waals surface area contributed by atoms with Crippen molar-refractivity contribution in [2.45, 2.75) is 17.4 Å². The number of halogens is 1. The number of hydrogen-bond donors (Lipinski definition) is 2. The zero-order chi connectivity index (χ0) is 20.0. The lowest BCUT2D eigenvalue weighted by Gasteiger charge is -2.18. The topological polar surface area (TPSA) is 88.2 Å². The van der Waals surface area contributed by atoms with Gasteiger partial charge in [0.25, 0.3) is 0 Å². The molecule has 8 heteroatoms. The molecule has 0 aliphatic carbocycles. The second-order valence-electron chi connectivity index (χ2n) is 6.02. The van der Waals surface area contributed by atoms with Crippen LogP contribution in [0.2, 0.25) is 5.02 Å². The van der Waals surface area contributed by atoms with E-state index >= 15 is 0 Å². The van der Waals surface area contributed by atoms with Crippen molar-refractivity contribution in [1.82, 2.24) is 9.71 Å². The Morgan fingerprint density at radius 1 is 0.964 bits per heavy atom. The van der Waals surface area contributed by atoms with Crippen LogP contribution in [0.4, 0.5) is 5.82 Å². The average molecular weight is 416 g/mol. The molecule has 0 radical (unpaired) electrons. The summed E-state index contributed by atoms with van der Waals surface area (Å²) in [6.45, 7) is 0. The van der Waals surface area contributed by atoms with E-state index in [0.29, 0.717) is 10.8 Å². The number of sulfonamides is 1. The minimum absolute atomic E-state index is 0.0283. The maximum atomic E-state index is 12.8. The van der Waals surface area contributed by atoms with E-state index in [-0.39, 0.29) is 11.3 Å². The summed E-state index contributed by atoms with van der Waals surface area (Å²) in [6, 6.07) is 19.0. The Bertz CT molecular complexity index is 1030. The molecule has 1 unspecified atom stereocenters. The Morgan fingerprint density at radius 2 is 1.64 bits per heavy atom. The van der Waals surface area contributed by atoms with Gasteiger partial charge in [-0.1, -0.05) is 48.0 Å². The van der Waals surface area contributed by atoms with Crippen molar-refractivity contribution in [3.05, 3.63) is 89.6 Å². The monoisotopic (exact) mass is 415 g/mol. The van der Waals surface area contributed by atoms with Crippen LogP contribution in [0.5, 0.6) is 0 Å². The highest BCUT2D eigenvalue weighted by molar-refractivity contribution is 7.89. The molecular formula is C20H18ClN3O3S. The van der Waals surface area contributed by atoms with Gasteiger partial charge in [-0.25, -0.2) is 13.4 Å². The molecule has 0 fully saturated rings. The molecule has 144 valence electrons. The summed E-state index contributed by atoms with van der Waals surface area (Å²) in [5, 5.41) is 3.07. The second-order valence-corrected chi connectivity index (χ2v) is 8.17. The molecule has 0 aliphatic heterocycles. The first-order valence-electron chi connectivity index (χ1n) is 8.48. The molecule has 1 amide bonds. The highest BCUT2D eigenvalue weighted by Gasteiger charge is 2.26. The Hall–Kier alpha value is -2.74. The Kier molecular flexibility index (Phi) is 6.41. The van der Waals surface area contributed by atoms with Gasteiger partial charge in [-0.15, -0.1) is 0 Å². The van der Waals surface area contributed by atoms with Crippen molar-refractivity contribution in [2.24, 2.45) is 0 Å². The van der Waals surface area contributed by atoms with E-state index in [4.69, 9.17) is 11.6 Å². The van der Waals surface area contributed by atoms with Crippen LogP contribution in [0.15, 0.2) is 83.9 Å². The molecule has 0 saturated carbocycles. The molecule has 1 aromatic heterocycles. The SMILES string of the molecule is O=C(Nc1ccccn1)C(Cc1ccccc1)NS(=O)(=O)c1ccc(Cl)cc1. The number of aromatic nitrogens is 1. The summed E-state index contributed by atoms with van der Waals surface area (Å²) in [7, 11) is -3.92. The van der Waals surface area contributed by atoms with Crippen molar-refractivity contribution in [2.75, 3.05) is 5.32 Å². The van der Waals surface area contributed by atoms with Crippen LogP contribution in [0.25, 0.3) is 0 Å². The highest BCUT2D eigenvalue weighted by atomic mass is 35.5. The van der Waals surface area contributed by atoms with Crippen LogP contribution in [0.3, 0.4) is 0 Å². The standard InChI is InChI=1S/C20H18ClN3O3S/c21-16-9-11-17(12-10-16)28(26,27)24-18(14-15-6-2-1-3-7-15)20(25)23-19-8-4-5-13-22-19/h1-13,18,24H,14H2,(H,22,23,25). The summed E-state index contributed by atoms with van der Waals surface area (Å²) < 4.78 is 28.0. The van der Waals surface area contributed by atoms with Gasteiger partial charge in [0.1, 0.15) is 11.9 Å². The van der Waals surface area contributed by atoms with Crippen LogP contribution in [0.1, 0.15) is 5.56 Å². The molecule has 2 aromatic carbocycles. The molecule has 3 aromatic rings. The van der Waals surface area contributed by atoms with E-state index in [1.165, 1.54) is 24.3 Å². The lowest BCUT2D eigenvalue weighted by Crippen LogP contribution is -2.45. The quantitative estimate of drug-likeness (QED) is 0.620. The molecule has 1 heterocycles. The Balaban J connectivity index is 1.84. The van der Waals surface area contributed by atoms with Gasteiger partial charge in [0.05, 0.1) is 4.90 Å². The molecule has 0 aliphatic rings. The minimum Gasteiger partial charge on any atom is -0.309 e. The molecular weight excluding hydrogens is 398 g/mol. The van der Waals surface area contributed by atoms with Gasteiger partial charge < -0.3 is 5.32 Å². The predicted molar refractivity (Wildman–Crippen MR) is 109 cm³/mol. The van der Waals surface area contributed by atoms with Gasteiger partial charge >= 0.3 is 0 Å². The van der Waals surface area contributed by atoms with E-state index in [1.54, 1.807) is 24.4 Å². The zero-order valence-corrected chi connectivity index (χ0v) is 16.3. The van der Waals surface area contributed by atoms with Crippen molar-refractivity contribution in [3.63, 3.8) is 0 Å². The average Bonchev–Trinajstić information content (AvgIpc) is 2.69. The van der Waals surface area contributed by atoms with Gasteiger partial charge in [0, 0.05) is 11.2 Å². The molecule has 0 spiro atoms. The highest BCUT2D eigenvalue weighted by Crippen LogP contribution is 2.16. The first kappa shape index (κ1) is 20.0. The van der Waals surface area contributed by atoms with Gasteiger partial charge in [0.2, 0.25) is 15.9 Å². The van der Waals surface area contributed by atoms with Crippen molar-refractivity contribution in [3.8, 4) is 0 Å². The van der Waals surface area contributed by atoms with E-state index in [9.17, 15) is 13.2 Å². The van der Waals surface area contributed by atoms with Gasteiger partial charge in [-0.05, 0) is 48.4 Å². The number of nitrogens with one attached hydrogen (secondary N) is 2. The van der Waals surface area contributed by atoms with Gasteiger partial charge in [-0.2, -0.15) is 4.72 Å². The van der Waals surface area contributed by atoms with Crippen LogP contribution in [-0.4, -0.2) is 25.4 Å². The van der Waals surface area contributed by atoms with Crippen LogP contribution < -0.4 is 10.0 Å². The van der Waals surface area contributed by atoms with E-state index in [1.807, 2.05) is 30.3 Å².